The molecule has 0 aromatic heterocycles. The Morgan fingerprint density at radius 3 is 2.45 bits per heavy atom. The molecule has 0 aliphatic rings. The van der Waals surface area contributed by atoms with Gasteiger partial charge in [0.25, 0.3) is 0 Å². The molecule has 1 atom stereocenters. The number of methoxy groups -OCH3 is 1. The van der Waals surface area contributed by atoms with Crippen molar-refractivity contribution in [2.45, 2.75) is 33.3 Å². The molecule has 0 aliphatic carbocycles. The van der Waals surface area contributed by atoms with E-state index in [9.17, 15) is 9.59 Å². The number of ether oxygens (including phenoxy) is 2. The lowest BCUT2D eigenvalue weighted by atomic mass is 9.99. The number of hydrogen-bond acceptors (Lipinski definition) is 5. The fraction of sp³-hybridized carbons (Fsp3) is 0.467. The van der Waals surface area contributed by atoms with Crippen molar-refractivity contribution in [1.82, 2.24) is 0 Å². The predicted octanol–water partition coefficient (Wildman–Crippen LogP) is 2.19. The van der Waals surface area contributed by atoms with Gasteiger partial charge in [0, 0.05) is 5.69 Å². The summed E-state index contributed by atoms with van der Waals surface area (Å²) in [6.07, 6.45) is 0.272. The van der Waals surface area contributed by atoms with Crippen LogP contribution in [0.25, 0.3) is 0 Å². The zero-order valence-corrected chi connectivity index (χ0v) is 12.3. The minimum atomic E-state index is -0.454. The monoisotopic (exact) mass is 279 g/mol. The Bertz CT molecular complexity index is 497. The van der Waals surface area contributed by atoms with Gasteiger partial charge in [-0.25, -0.2) is 4.79 Å². The largest absolute Gasteiger partial charge is 0.469 e. The van der Waals surface area contributed by atoms with Gasteiger partial charge in [0.05, 0.1) is 24.7 Å². The highest BCUT2D eigenvalue weighted by molar-refractivity contribution is 5.95. The number of carbonyl (C=O) groups excluding carboxylic acids is 2. The Morgan fingerprint density at radius 1 is 1.25 bits per heavy atom. The van der Waals surface area contributed by atoms with E-state index in [0.29, 0.717) is 17.7 Å². The SMILES string of the molecule is COC(=O)C(C)Cc1ccc(N)c(C(=O)OC(C)C)c1. The molecular weight excluding hydrogens is 258 g/mol. The molecule has 1 aromatic carbocycles. The normalized spacial score (nSPS) is 12.1. The molecule has 0 spiro atoms. The first-order valence-electron chi connectivity index (χ1n) is 6.52. The van der Waals surface area contributed by atoms with E-state index in [0.717, 1.165) is 5.56 Å². The maximum atomic E-state index is 11.9. The topological polar surface area (TPSA) is 78.6 Å². The Labute approximate surface area is 119 Å². The first kappa shape index (κ1) is 16.0. The maximum absolute atomic E-state index is 11.9. The third-order valence-electron chi connectivity index (χ3n) is 2.83. The maximum Gasteiger partial charge on any atom is 0.340 e. The van der Waals surface area contributed by atoms with E-state index in [-0.39, 0.29) is 18.0 Å². The first-order valence-corrected chi connectivity index (χ1v) is 6.52. The van der Waals surface area contributed by atoms with Crippen molar-refractivity contribution in [3.63, 3.8) is 0 Å². The van der Waals surface area contributed by atoms with Crippen LogP contribution in [0.2, 0.25) is 0 Å². The molecule has 1 aromatic rings. The second-order valence-corrected chi connectivity index (χ2v) is 5.00. The van der Waals surface area contributed by atoms with E-state index in [1.165, 1.54) is 7.11 Å². The molecule has 5 nitrogen and oxygen atoms in total. The van der Waals surface area contributed by atoms with Crippen LogP contribution >= 0.6 is 0 Å². The zero-order chi connectivity index (χ0) is 15.3. The van der Waals surface area contributed by atoms with Gasteiger partial charge in [0.15, 0.2) is 0 Å². The van der Waals surface area contributed by atoms with E-state index in [4.69, 9.17) is 10.5 Å². The van der Waals surface area contributed by atoms with Gasteiger partial charge < -0.3 is 15.2 Å². The van der Waals surface area contributed by atoms with Crippen LogP contribution in [0.15, 0.2) is 18.2 Å². The van der Waals surface area contributed by atoms with Crippen molar-refractivity contribution in [2.75, 3.05) is 12.8 Å². The predicted molar refractivity (Wildman–Crippen MR) is 76.3 cm³/mol. The van der Waals surface area contributed by atoms with Gasteiger partial charge in [-0.15, -0.1) is 0 Å². The summed E-state index contributed by atoms with van der Waals surface area (Å²) >= 11 is 0. The number of rotatable bonds is 5. The molecule has 110 valence electrons. The van der Waals surface area contributed by atoms with Crippen LogP contribution in [0.5, 0.6) is 0 Å². The van der Waals surface area contributed by atoms with Crippen LogP contribution in [0, 0.1) is 5.92 Å². The number of benzene rings is 1. The van der Waals surface area contributed by atoms with E-state index in [1.807, 2.05) is 0 Å². The molecule has 0 aliphatic heterocycles. The van der Waals surface area contributed by atoms with Gasteiger partial charge in [-0.05, 0) is 38.0 Å². The Balaban J connectivity index is 2.91. The van der Waals surface area contributed by atoms with Crippen molar-refractivity contribution in [3.05, 3.63) is 29.3 Å². The molecule has 0 bridgehead atoms. The van der Waals surface area contributed by atoms with Crippen LogP contribution in [0.3, 0.4) is 0 Å². The Kier molecular flexibility index (Phi) is 5.55. The van der Waals surface area contributed by atoms with Gasteiger partial charge in [-0.2, -0.15) is 0 Å². The second-order valence-electron chi connectivity index (χ2n) is 5.00. The van der Waals surface area contributed by atoms with Gasteiger partial charge in [0.1, 0.15) is 0 Å². The Morgan fingerprint density at radius 2 is 1.90 bits per heavy atom. The molecule has 0 heterocycles. The fourth-order valence-corrected chi connectivity index (χ4v) is 1.82. The van der Waals surface area contributed by atoms with Crippen molar-refractivity contribution in [3.8, 4) is 0 Å². The van der Waals surface area contributed by atoms with Crippen LogP contribution < -0.4 is 5.73 Å². The highest BCUT2D eigenvalue weighted by Gasteiger charge is 2.17. The molecule has 0 saturated carbocycles. The summed E-state index contributed by atoms with van der Waals surface area (Å²) in [6.45, 7) is 5.32. The molecule has 2 N–H and O–H groups in total. The smallest absolute Gasteiger partial charge is 0.340 e. The average molecular weight is 279 g/mol. The molecule has 20 heavy (non-hydrogen) atoms. The number of hydrogen-bond donors (Lipinski definition) is 1. The molecule has 5 heteroatoms. The van der Waals surface area contributed by atoms with Gasteiger partial charge >= 0.3 is 11.9 Å². The van der Waals surface area contributed by atoms with E-state index in [1.54, 1.807) is 39.0 Å². The average Bonchev–Trinajstić information content (AvgIpc) is 2.38. The van der Waals surface area contributed by atoms with Gasteiger partial charge in [0.2, 0.25) is 0 Å². The van der Waals surface area contributed by atoms with Crippen molar-refractivity contribution >= 4 is 17.6 Å². The summed E-state index contributed by atoms with van der Waals surface area (Å²) in [6, 6.07) is 5.11. The van der Waals surface area contributed by atoms with Crippen LogP contribution in [0.4, 0.5) is 5.69 Å². The minimum absolute atomic E-state index is 0.209. The lowest BCUT2D eigenvalue weighted by Crippen LogP contribution is -2.16. The number of nitrogens with two attached hydrogens (primary N) is 1. The number of nitrogen functional groups attached to an aromatic ring is 1. The zero-order valence-electron chi connectivity index (χ0n) is 12.3. The molecule has 0 amide bonds. The van der Waals surface area contributed by atoms with E-state index in [2.05, 4.69) is 4.74 Å². The van der Waals surface area contributed by atoms with Crippen LogP contribution in [-0.2, 0) is 20.7 Å². The summed E-state index contributed by atoms with van der Waals surface area (Å²) in [5, 5.41) is 0. The second kappa shape index (κ2) is 6.93. The van der Waals surface area contributed by atoms with Gasteiger partial charge in [-0.3, -0.25) is 4.79 Å². The summed E-state index contributed by atoms with van der Waals surface area (Å²) in [5.41, 5.74) is 7.32. The summed E-state index contributed by atoms with van der Waals surface area (Å²) in [7, 11) is 1.35. The third-order valence-corrected chi connectivity index (χ3v) is 2.83. The fourth-order valence-electron chi connectivity index (χ4n) is 1.82. The number of carbonyl (C=O) groups is 2. The lowest BCUT2D eigenvalue weighted by Gasteiger charge is -2.13. The number of anilines is 1. The van der Waals surface area contributed by atoms with E-state index >= 15 is 0 Å². The summed E-state index contributed by atoms with van der Waals surface area (Å²) in [4.78, 5) is 23.3. The van der Waals surface area contributed by atoms with Gasteiger partial charge in [-0.1, -0.05) is 13.0 Å². The molecule has 1 rings (SSSR count). The Hall–Kier alpha value is -2.04. The molecule has 0 saturated heterocycles. The van der Waals surface area contributed by atoms with Crippen LogP contribution in [-0.4, -0.2) is 25.2 Å². The molecular formula is C15H21NO4. The molecule has 0 radical (unpaired) electrons. The quantitative estimate of drug-likeness (QED) is 0.660. The molecule has 0 fully saturated rings. The third kappa shape index (κ3) is 4.26. The van der Waals surface area contributed by atoms with E-state index < -0.39 is 5.97 Å². The van der Waals surface area contributed by atoms with Crippen molar-refractivity contribution < 1.29 is 19.1 Å². The number of esters is 2. The summed E-state index contributed by atoms with van der Waals surface area (Å²) in [5.74, 6) is -1.02. The van der Waals surface area contributed by atoms with Crippen molar-refractivity contribution in [1.29, 1.82) is 0 Å². The highest BCUT2D eigenvalue weighted by atomic mass is 16.5. The highest BCUT2D eigenvalue weighted by Crippen LogP contribution is 2.19. The minimum Gasteiger partial charge on any atom is -0.469 e. The van der Waals surface area contributed by atoms with Crippen molar-refractivity contribution in [2.24, 2.45) is 5.92 Å². The van der Waals surface area contributed by atoms with Crippen LogP contribution in [0.1, 0.15) is 36.7 Å². The molecule has 1 unspecified atom stereocenters. The standard InChI is InChI=1S/C15H21NO4/c1-9(2)20-15(18)12-8-11(5-6-13(12)16)7-10(3)14(17)19-4/h5-6,8-10H,7,16H2,1-4H3. The lowest BCUT2D eigenvalue weighted by molar-refractivity contribution is -0.144. The summed E-state index contributed by atoms with van der Waals surface area (Å²) < 4.78 is 9.82. The first-order chi connectivity index (χ1) is 9.35.